The van der Waals surface area contributed by atoms with Gasteiger partial charge >= 0.3 is 5.97 Å². The number of aryl methyl sites for hydroxylation is 2. The first kappa shape index (κ1) is 55.0. The molecule has 3 aromatic carbocycles. The van der Waals surface area contributed by atoms with Crippen molar-refractivity contribution in [2.24, 2.45) is 16.6 Å². The lowest BCUT2D eigenvalue weighted by Gasteiger charge is -2.33. The van der Waals surface area contributed by atoms with Crippen LogP contribution in [0, 0.1) is 13.8 Å². The van der Waals surface area contributed by atoms with Crippen LogP contribution in [0.2, 0.25) is 0 Å². The molecule has 1 aliphatic rings. The number of aromatic hydroxyl groups is 1. The summed E-state index contributed by atoms with van der Waals surface area (Å²) in [5.41, 5.74) is 20.4. The topological polar surface area (TPSA) is 380 Å². The summed E-state index contributed by atoms with van der Waals surface area (Å²) >= 11 is 0. The standard InChI is InChI=1S/C47H63N11O12S/c1-23-15-28(47(4,5)6)10-11-30(23)41-53-24(2)37(40(50)57-41)43(62)56-34(21-52-71(51,67)68)45(64)58(7)38-27-18-32(39(60)36(19-27)70-22-29(59)20-49)31-16-26(9-12-35(31)69-14-8-13-48)17-33(46(65)66)55-42(61)25(3)54-44(38)63/h9-12,15-16,18-19,25,29,33-34,38,52,59-60H,8,13-14,17,20-22,48-49H2,1-7H3,(H,54,63)(H,55,61)(H,56,62)(H,65,66)(H2,50,53,57)(H2,51,67,68)/t25-,29+,33-,34-,38-/m0/s1. The number of hydrogen-bond acceptors (Lipinski definition) is 16. The van der Waals surface area contributed by atoms with Gasteiger partial charge in [0, 0.05) is 43.2 Å². The minimum absolute atomic E-state index is 0.0560. The van der Waals surface area contributed by atoms with Crippen molar-refractivity contribution in [3.8, 4) is 39.8 Å². The molecule has 5 rings (SSSR count). The van der Waals surface area contributed by atoms with Crippen molar-refractivity contribution in [2.75, 3.05) is 45.6 Å². The van der Waals surface area contributed by atoms with Crippen molar-refractivity contribution >= 4 is 45.6 Å². The number of ether oxygens (including phenoxy) is 2. The maximum absolute atomic E-state index is 14.9. The summed E-state index contributed by atoms with van der Waals surface area (Å²) in [6.45, 7) is 9.67. The van der Waals surface area contributed by atoms with E-state index in [-0.39, 0.29) is 82.6 Å². The van der Waals surface area contributed by atoms with Crippen LogP contribution in [0.25, 0.3) is 22.5 Å². The third-order valence-electron chi connectivity index (χ3n) is 11.6. The van der Waals surface area contributed by atoms with E-state index in [1.165, 1.54) is 38.1 Å². The van der Waals surface area contributed by atoms with Gasteiger partial charge in [-0.2, -0.15) is 13.1 Å². The first-order valence-corrected chi connectivity index (χ1v) is 24.1. The number of carboxylic acids is 1. The number of nitrogen functional groups attached to an aromatic ring is 1. The minimum Gasteiger partial charge on any atom is -0.504 e. The van der Waals surface area contributed by atoms with Crippen molar-refractivity contribution < 1.29 is 57.2 Å². The smallest absolute Gasteiger partial charge is 0.326 e. The van der Waals surface area contributed by atoms with Crippen LogP contribution < -0.4 is 52.5 Å². The highest BCUT2D eigenvalue weighted by atomic mass is 32.2. The van der Waals surface area contributed by atoms with Gasteiger partial charge in [0.1, 0.15) is 54.0 Å². The SMILES string of the molecule is Cc1cc(C(C)(C)C)ccc1-c1nc(C)c(C(=O)N[C@@H](CNS(N)(=O)=O)C(=O)N(C)[C@@H]2C(=O)N[C@@H](C)C(=O)N[C@H](C(=O)O)Cc3ccc(OCCCN)c(c3)-c3cc2cc(OC[C@H](O)CN)c3O)c(N)n1. The molecule has 0 spiro atoms. The molecule has 0 fully saturated rings. The Labute approximate surface area is 411 Å². The van der Waals surface area contributed by atoms with E-state index in [2.05, 4.69) is 46.7 Å². The molecule has 0 saturated heterocycles. The number of fused-ring (bicyclic) bond motifs is 5. The van der Waals surface area contributed by atoms with E-state index in [1.54, 1.807) is 6.07 Å². The molecule has 2 heterocycles. The third kappa shape index (κ3) is 13.7. The van der Waals surface area contributed by atoms with Gasteiger partial charge < -0.3 is 62.8 Å². The maximum Gasteiger partial charge on any atom is 0.326 e. The van der Waals surface area contributed by atoms with Crippen LogP contribution in [0.4, 0.5) is 5.82 Å². The summed E-state index contributed by atoms with van der Waals surface area (Å²) in [6, 6.07) is 6.28. The first-order valence-electron chi connectivity index (χ1n) is 22.5. The molecule has 0 aliphatic carbocycles. The summed E-state index contributed by atoms with van der Waals surface area (Å²) in [7, 11) is -3.38. The van der Waals surface area contributed by atoms with Gasteiger partial charge in [0.05, 0.1) is 12.3 Å². The molecule has 1 aliphatic heterocycles. The number of benzene rings is 3. The number of nitrogens with one attached hydrogen (secondary N) is 4. The van der Waals surface area contributed by atoms with Crippen molar-refractivity contribution in [1.29, 1.82) is 0 Å². The fourth-order valence-electron chi connectivity index (χ4n) is 7.68. The maximum atomic E-state index is 14.9. The van der Waals surface area contributed by atoms with Gasteiger partial charge in [0.2, 0.25) is 17.7 Å². The number of rotatable bonds is 17. The van der Waals surface area contributed by atoms with E-state index < -0.39 is 89.0 Å². The average Bonchev–Trinajstić information content (AvgIpc) is 3.28. The van der Waals surface area contributed by atoms with Crippen molar-refractivity contribution in [3.05, 3.63) is 82.0 Å². The zero-order valence-electron chi connectivity index (χ0n) is 40.5. The number of hydrogen-bond donors (Lipinski definition) is 11. The zero-order valence-corrected chi connectivity index (χ0v) is 41.3. The Bertz CT molecular complexity index is 2760. The molecular formula is C47H63N11O12S. The molecule has 24 heteroatoms. The van der Waals surface area contributed by atoms with Gasteiger partial charge in [-0.05, 0) is 85.7 Å². The van der Waals surface area contributed by atoms with Crippen LogP contribution in [0.5, 0.6) is 17.2 Å². The highest BCUT2D eigenvalue weighted by Crippen LogP contribution is 2.45. The van der Waals surface area contributed by atoms with Gasteiger partial charge in [-0.1, -0.05) is 45.0 Å². The number of aliphatic hydroxyl groups is 1. The number of phenolic OH excluding ortho intramolecular Hbond substituents is 1. The summed E-state index contributed by atoms with van der Waals surface area (Å²) in [4.78, 5) is 79.7. The number of aromatic nitrogens is 2. The number of carbonyl (C=O) groups excluding carboxylic acids is 4. The monoisotopic (exact) mass is 1010 g/mol. The number of anilines is 1. The summed E-state index contributed by atoms with van der Waals surface area (Å²) in [6.07, 6.45) is -1.07. The predicted octanol–water partition coefficient (Wildman–Crippen LogP) is 0.160. The summed E-state index contributed by atoms with van der Waals surface area (Å²) in [5, 5.41) is 45.1. The number of aliphatic hydroxyl groups excluding tert-OH is 1. The number of nitrogens with two attached hydrogens (primary N) is 4. The van der Waals surface area contributed by atoms with Crippen LogP contribution in [0.15, 0.2) is 48.5 Å². The molecule has 0 radical (unpaired) electrons. The third-order valence-corrected chi connectivity index (χ3v) is 12.2. The number of amides is 4. The summed E-state index contributed by atoms with van der Waals surface area (Å²) < 4.78 is 38.5. The zero-order chi connectivity index (χ0) is 52.7. The van der Waals surface area contributed by atoms with Crippen LogP contribution >= 0.6 is 0 Å². The van der Waals surface area contributed by atoms with E-state index >= 15 is 0 Å². The normalized spacial score (nSPS) is 17.2. The second kappa shape index (κ2) is 22.9. The van der Waals surface area contributed by atoms with E-state index in [0.29, 0.717) is 17.5 Å². The number of phenols is 1. The highest BCUT2D eigenvalue weighted by molar-refractivity contribution is 7.87. The molecule has 71 heavy (non-hydrogen) atoms. The minimum atomic E-state index is -4.53. The van der Waals surface area contributed by atoms with E-state index in [4.69, 9.17) is 31.8 Å². The molecule has 15 N–H and O–H groups in total. The molecule has 0 unspecified atom stereocenters. The lowest BCUT2D eigenvalue weighted by atomic mass is 9.85. The van der Waals surface area contributed by atoms with Gasteiger partial charge in [0.15, 0.2) is 17.3 Å². The van der Waals surface area contributed by atoms with Crippen LogP contribution in [-0.2, 0) is 41.2 Å². The van der Waals surface area contributed by atoms with Crippen molar-refractivity contribution in [1.82, 2.24) is 35.5 Å². The van der Waals surface area contributed by atoms with Crippen molar-refractivity contribution in [2.45, 2.75) is 90.1 Å². The van der Waals surface area contributed by atoms with Gasteiger partial charge in [-0.15, -0.1) is 0 Å². The van der Waals surface area contributed by atoms with Crippen LogP contribution in [0.1, 0.15) is 78.5 Å². The Morgan fingerprint density at radius 1 is 0.958 bits per heavy atom. The number of nitrogens with zero attached hydrogens (tertiary/aromatic N) is 3. The average molecular weight is 1010 g/mol. The van der Waals surface area contributed by atoms with Gasteiger partial charge in [-0.3, -0.25) is 19.2 Å². The van der Waals surface area contributed by atoms with Crippen LogP contribution in [0.3, 0.4) is 0 Å². The predicted molar refractivity (Wildman–Crippen MR) is 262 cm³/mol. The van der Waals surface area contributed by atoms with Crippen molar-refractivity contribution in [3.63, 3.8) is 0 Å². The van der Waals surface area contributed by atoms with Gasteiger partial charge in [0.25, 0.3) is 16.1 Å². The molecule has 1 aromatic heterocycles. The Morgan fingerprint density at radius 2 is 1.66 bits per heavy atom. The molecule has 4 aromatic rings. The quantitative estimate of drug-likeness (QED) is 0.0628. The number of aliphatic carboxylic acids is 1. The molecule has 0 saturated carbocycles. The Balaban J connectivity index is 1.66. The molecule has 4 bridgehead atoms. The Morgan fingerprint density at radius 3 is 2.27 bits per heavy atom. The molecule has 4 amide bonds. The number of carboxylic acid groups (broad SMARTS) is 1. The number of carbonyl (C=O) groups is 5. The molecule has 5 atom stereocenters. The lowest BCUT2D eigenvalue weighted by molar-refractivity contribution is -0.143. The molecule has 23 nitrogen and oxygen atoms in total. The highest BCUT2D eigenvalue weighted by Gasteiger charge is 2.38. The Kier molecular flexibility index (Phi) is 17.7. The summed E-state index contributed by atoms with van der Waals surface area (Å²) in [5.74, 6) is -6.22. The van der Waals surface area contributed by atoms with E-state index in [9.17, 15) is 47.7 Å². The second-order valence-electron chi connectivity index (χ2n) is 18.2. The Hall–Kier alpha value is -6.96. The van der Waals surface area contributed by atoms with Gasteiger partial charge in [-0.25, -0.2) is 19.9 Å². The lowest BCUT2D eigenvalue weighted by Crippen LogP contribution is -2.57. The molecular weight excluding hydrogens is 943 g/mol. The van der Waals surface area contributed by atoms with E-state index in [0.717, 1.165) is 23.1 Å². The second-order valence-corrected chi connectivity index (χ2v) is 19.6. The fourth-order valence-corrected chi connectivity index (χ4v) is 8.08. The molecule has 384 valence electrons. The number of likely N-dealkylation sites (N-methyl/N-ethyl adjacent to an activating group) is 1. The first-order chi connectivity index (χ1) is 33.2. The largest absolute Gasteiger partial charge is 0.504 e. The van der Waals surface area contributed by atoms with E-state index in [1.807, 2.05) is 29.8 Å². The van der Waals surface area contributed by atoms with Crippen LogP contribution in [-0.4, -0.2) is 132 Å². The fraction of sp³-hybridized carbons (Fsp3) is 0.426.